The normalized spacial score (nSPS) is 19.9. The molecule has 110 valence electrons. The van der Waals surface area contributed by atoms with Crippen LogP contribution in [0.25, 0.3) is 0 Å². The Morgan fingerprint density at radius 3 is 2.90 bits per heavy atom. The van der Waals surface area contributed by atoms with E-state index in [1.165, 1.54) is 0 Å². The Bertz CT molecular complexity index is 480. The van der Waals surface area contributed by atoms with E-state index in [4.69, 9.17) is 9.84 Å². The van der Waals surface area contributed by atoms with Gasteiger partial charge in [-0.2, -0.15) is 5.10 Å². The molecule has 0 bridgehead atoms. The number of hydrogen-bond acceptors (Lipinski definition) is 5. The van der Waals surface area contributed by atoms with Gasteiger partial charge < -0.3 is 14.7 Å². The number of H-pyrrole nitrogens is 1. The number of carbonyl (C=O) groups excluding carboxylic acids is 1. The van der Waals surface area contributed by atoms with Crippen molar-refractivity contribution >= 4 is 5.91 Å². The Morgan fingerprint density at radius 2 is 2.15 bits per heavy atom. The summed E-state index contributed by atoms with van der Waals surface area (Å²) in [5.74, 6) is -0.0170. The fourth-order valence-electron chi connectivity index (χ4n) is 2.75. The van der Waals surface area contributed by atoms with Crippen LogP contribution in [0.15, 0.2) is 0 Å². The van der Waals surface area contributed by atoms with Crippen molar-refractivity contribution in [2.24, 2.45) is 0 Å². The number of aliphatic hydroxyl groups excluding tert-OH is 1. The molecule has 1 saturated heterocycles. The van der Waals surface area contributed by atoms with Crippen LogP contribution in [-0.4, -0.2) is 76.9 Å². The van der Waals surface area contributed by atoms with E-state index in [0.717, 1.165) is 30.8 Å². The maximum absolute atomic E-state index is 12.5. The summed E-state index contributed by atoms with van der Waals surface area (Å²) in [6.07, 6.45) is 0.792. The first-order valence-electron chi connectivity index (χ1n) is 7.06. The molecule has 1 aromatic heterocycles. The van der Waals surface area contributed by atoms with Gasteiger partial charge in [0.05, 0.1) is 19.8 Å². The summed E-state index contributed by atoms with van der Waals surface area (Å²) in [7, 11) is 0. The summed E-state index contributed by atoms with van der Waals surface area (Å²) < 4.78 is 5.41. The Kier molecular flexibility index (Phi) is 4.00. The van der Waals surface area contributed by atoms with Gasteiger partial charge in [-0.05, 0) is 0 Å². The second kappa shape index (κ2) is 5.90. The highest BCUT2D eigenvalue weighted by atomic mass is 16.5. The summed E-state index contributed by atoms with van der Waals surface area (Å²) in [6, 6.07) is 0. The Morgan fingerprint density at radius 1 is 1.35 bits per heavy atom. The van der Waals surface area contributed by atoms with Crippen molar-refractivity contribution in [1.29, 1.82) is 0 Å². The molecule has 0 saturated carbocycles. The van der Waals surface area contributed by atoms with Crippen LogP contribution in [0.5, 0.6) is 0 Å². The fraction of sp³-hybridized carbons (Fsp3) is 0.692. The number of nitrogens with zero attached hydrogens (tertiary/aromatic N) is 3. The molecule has 1 amide bonds. The number of ether oxygens (including phenoxy) is 1. The molecular formula is C13H20N4O3. The molecule has 1 aromatic rings. The van der Waals surface area contributed by atoms with E-state index in [-0.39, 0.29) is 12.5 Å². The minimum atomic E-state index is -0.0170. The molecule has 0 unspecified atom stereocenters. The third kappa shape index (κ3) is 2.56. The van der Waals surface area contributed by atoms with Gasteiger partial charge in [-0.15, -0.1) is 0 Å². The van der Waals surface area contributed by atoms with Crippen molar-refractivity contribution in [3.63, 3.8) is 0 Å². The smallest absolute Gasteiger partial charge is 0.274 e. The van der Waals surface area contributed by atoms with Crippen molar-refractivity contribution in [2.45, 2.75) is 13.0 Å². The van der Waals surface area contributed by atoms with Gasteiger partial charge in [0.25, 0.3) is 5.91 Å². The zero-order valence-corrected chi connectivity index (χ0v) is 11.5. The predicted molar refractivity (Wildman–Crippen MR) is 71.4 cm³/mol. The first-order valence-corrected chi connectivity index (χ1v) is 7.06. The maximum Gasteiger partial charge on any atom is 0.274 e. The van der Waals surface area contributed by atoms with E-state index in [1.807, 2.05) is 4.90 Å². The monoisotopic (exact) mass is 280 g/mol. The lowest BCUT2D eigenvalue weighted by Gasteiger charge is -2.34. The van der Waals surface area contributed by atoms with Gasteiger partial charge in [0, 0.05) is 50.4 Å². The number of piperazine rings is 1. The van der Waals surface area contributed by atoms with E-state index in [2.05, 4.69) is 15.1 Å². The van der Waals surface area contributed by atoms with Crippen molar-refractivity contribution < 1.29 is 14.6 Å². The Balaban J connectivity index is 1.66. The van der Waals surface area contributed by atoms with E-state index in [0.29, 0.717) is 38.5 Å². The number of rotatable bonds is 3. The molecule has 0 aromatic carbocycles. The predicted octanol–water partition coefficient (Wildman–Crippen LogP) is -0.767. The highest BCUT2D eigenvalue weighted by Gasteiger charge is 2.28. The molecule has 2 N–H and O–H groups in total. The minimum Gasteiger partial charge on any atom is -0.395 e. The molecule has 7 heteroatoms. The lowest BCUT2D eigenvalue weighted by Crippen LogP contribution is -2.49. The molecule has 0 aliphatic carbocycles. The maximum atomic E-state index is 12.5. The largest absolute Gasteiger partial charge is 0.395 e. The first-order chi connectivity index (χ1) is 9.79. The molecule has 0 radical (unpaired) electrons. The molecule has 0 spiro atoms. The molecule has 20 heavy (non-hydrogen) atoms. The number of fused-ring (bicyclic) bond motifs is 1. The number of nitrogens with one attached hydrogen (secondary N) is 1. The van der Waals surface area contributed by atoms with Gasteiger partial charge in [-0.1, -0.05) is 0 Å². The van der Waals surface area contributed by atoms with Gasteiger partial charge >= 0.3 is 0 Å². The number of amides is 1. The van der Waals surface area contributed by atoms with Crippen LogP contribution < -0.4 is 0 Å². The van der Waals surface area contributed by atoms with Gasteiger partial charge in [0.15, 0.2) is 5.69 Å². The second-order valence-electron chi connectivity index (χ2n) is 5.19. The summed E-state index contributed by atoms with van der Waals surface area (Å²) in [6.45, 7) is 4.96. The number of aliphatic hydroxyl groups is 1. The minimum absolute atomic E-state index is 0.0170. The average molecular weight is 280 g/mol. The van der Waals surface area contributed by atoms with Crippen molar-refractivity contribution in [2.75, 3.05) is 45.9 Å². The van der Waals surface area contributed by atoms with Crippen molar-refractivity contribution in [3.05, 3.63) is 17.0 Å². The third-order valence-electron chi connectivity index (χ3n) is 3.97. The molecular weight excluding hydrogens is 260 g/mol. The molecule has 2 aliphatic heterocycles. The number of β-amino-alcohol motifs (C(OH)–C–C–N with tert-alkyl or cyclic N) is 1. The molecule has 3 heterocycles. The van der Waals surface area contributed by atoms with Gasteiger partial charge in [0.2, 0.25) is 0 Å². The van der Waals surface area contributed by atoms with E-state index in [1.54, 1.807) is 0 Å². The summed E-state index contributed by atoms with van der Waals surface area (Å²) in [4.78, 5) is 16.5. The number of hydrogen-bond donors (Lipinski definition) is 2. The number of aromatic amines is 1. The standard InChI is InChI=1S/C13H20N4O3/c18-7-6-16-2-4-17(5-3-16)13(19)12-10-9-20-8-1-11(10)14-15-12/h18H,1-9H2,(H,14,15). The second-order valence-corrected chi connectivity index (χ2v) is 5.19. The Labute approximate surface area is 117 Å². The quantitative estimate of drug-likeness (QED) is 0.760. The van der Waals surface area contributed by atoms with E-state index in [9.17, 15) is 4.79 Å². The van der Waals surface area contributed by atoms with Crippen LogP contribution in [0.4, 0.5) is 0 Å². The lowest BCUT2D eigenvalue weighted by atomic mass is 10.1. The molecule has 0 atom stereocenters. The topological polar surface area (TPSA) is 81.7 Å². The molecule has 1 fully saturated rings. The van der Waals surface area contributed by atoms with Gasteiger partial charge in [-0.3, -0.25) is 14.8 Å². The molecule has 2 aliphatic rings. The third-order valence-corrected chi connectivity index (χ3v) is 3.97. The van der Waals surface area contributed by atoms with E-state index >= 15 is 0 Å². The average Bonchev–Trinajstić information content (AvgIpc) is 2.92. The number of aromatic nitrogens is 2. The summed E-state index contributed by atoms with van der Waals surface area (Å²) in [5.41, 5.74) is 2.45. The van der Waals surface area contributed by atoms with Crippen LogP contribution in [0.3, 0.4) is 0 Å². The zero-order valence-electron chi connectivity index (χ0n) is 11.5. The highest BCUT2D eigenvalue weighted by molar-refractivity contribution is 5.94. The Hall–Kier alpha value is -1.44. The number of carbonyl (C=O) groups is 1. The van der Waals surface area contributed by atoms with Gasteiger partial charge in [-0.25, -0.2) is 0 Å². The van der Waals surface area contributed by atoms with E-state index < -0.39 is 0 Å². The lowest BCUT2D eigenvalue weighted by molar-refractivity contribution is 0.0600. The molecule has 3 rings (SSSR count). The van der Waals surface area contributed by atoms with Crippen LogP contribution in [0.2, 0.25) is 0 Å². The van der Waals surface area contributed by atoms with Crippen LogP contribution in [0.1, 0.15) is 21.7 Å². The van der Waals surface area contributed by atoms with Crippen LogP contribution in [-0.2, 0) is 17.8 Å². The van der Waals surface area contributed by atoms with Gasteiger partial charge in [0.1, 0.15) is 0 Å². The fourth-order valence-corrected chi connectivity index (χ4v) is 2.75. The SMILES string of the molecule is O=C(c1n[nH]c2c1COCC2)N1CCN(CCO)CC1. The highest BCUT2D eigenvalue weighted by Crippen LogP contribution is 2.20. The van der Waals surface area contributed by atoms with Crippen molar-refractivity contribution in [1.82, 2.24) is 20.0 Å². The summed E-state index contributed by atoms with van der Waals surface area (Å²) in [5, 5.41) is 16.1. The van der Waals surface area contributed by atoms with Crippen molar-refractivity contribution in [3.8, 4) is 0 Å². The summed E-state index contributed by atoms with van der Waals surface area (Å²) >= 11 is 0. The van der Waals surface area contributed by atoms with Crippen LogP contribution in [0, 0.1) is 0 Å². The van der Waals surface area contributed by atoms with Crippen LogP contribution >= 0.6 is 0 Å². The first kappa shape index (κ1) is 13.5. The zero-order chi connectivity index (χ0) is 13.9. The molecule has 7 nitrogen and oxygen atoms in total.